The number of H-pyrrole nitrogens is 1. The number of hydrogen-bond acceptors (Lipinski definition) is 3. The number of benzene rings is 2. The fraction of sp³-hybridized carbons (Fsp3) is 0.0625. The van der Waals surface area contributed by atoms with Crippen molar-refractivity contribution in [3.8, 4) is 22.4 Å². The monoisotopic (exact) mass is 296 g/mol. The third kappa shape index (κ3) is 2.46. The summed E-state index contributed by atoms with van der Waals surface area (Å²) in [6.07, 6.45) is 0. The number of amides is 1. The first kappa shape index (κ1) is 13.9. The molecule has 0 atom stereocenters. The molecule has 0 saturated carbocycles. The molecule has 0 saturated heterocycles. The number of primary amides is 1. The van der Waals surface area contributed by atoms with E-state index in [9.17, 15) is 9.18 Å². The number of carbonyl (C=O) groups is 1. The van der Waals surface area contributed by atoms with Gasteiger partial charge in [0.15, 0.2) is 5.69 Å². The predicted molar refractivity (Wildman–Crippen MR) is 80.5 cm³/mol. The number of aromatic nitrogens is 3. The lowest BCUT2D eigenvalue weighted by atomic mass is 9.97. The summed E-state index contributed by atoms with van der Waals surface area (Å²) in [5, 5.41) is 10.2. The molecule has 0 spiro atoms. The molecule has 3 N–H and O–H groups in total. The van der Waals surface area contributed by atoms with E-state index in [0.717, 1.165) is 16.7 Å². The Morgan fingerprint density at radius 2 is 1.91 bits per heavy atom. The highest BCUT2D eigenvalue weighted by Crippen LogP contribution is 2.28. The Labute approximate surface area is 126 Å². The Balaban J connectivity index is 2.10. The highest BCUT2D eigenvalue weighted by atomic mass is 19.1. The SMILES string of the molecule is Cc1cc(F)ccc1-c1cccc(-c2n[nH]nc2C(N)=O)c1. The number of halogens is 1. The zero-order chi connectivity index (χ0) is 15.7. The molecule has 110 valence electrons. The van der Waals surface area contributed by atoms with Crippen molar-refractivity contribution in [3.63, 3.8) is 0 Å². The molecule has 0 aliphatic carbocycles. The minimum atomic E-state index is -0.646. The quantitative estimate of drug-likeness (QED) is 0.779. The molecule has 3 aromatic rings. The van der Waals surface area contributed by atoms with E-state index in [1.165, 1.54) is 12.1 Å². The van der Waals surface area contributed by atoms with E-state index in [1.807, 2.05) is 31.2 Å². The van der Waals surface area contributed by atoms with Crippen LogP contribution in [-0.4, -0.2) is 21.3 Å². The second-order valence-corrected chi connectivity index (χ2v) is 4.93. The van der Waals surface area contributed by atoms with E-state index in [1.54, 1.807) is 6.07 Å². The van der Waals surface area contributed by atoms with Crippen LogP contribution in [0.5, 0.6) is 0 Å². The first-order chi connectivity index (χ1) is 10.6. The van der Waals surface area contributed by atoms with Crippen LogP contribution in [0.2, 0.25) is 0 Å². The Morgan fingerprint density at radius 1 is 1.14 bits per heavy atom. The Kier molecular flexibility index (Phi) is 3.42. The van der Waals surface area contributed by atoms with Gasteiger partial charge in [-0.3, -0.25) is 4.79 Å². The summed E-state index contributed by atoms with van der Waals surface area (Å²) in [4.78, 5) is 11.4. The molecule has 5 nitrogen and oxygen atoms in total. The maximum Gasteiger partial charge on any atom is 0.271 e. The minimum absolute atomic E-state index is 0.0907. The highest BCUT2D eigenvalue weighted by molar-refractivity contribution is 5.97. The first-order valence-corrected chi connectivity index (χ1v) is 6.64. The summed E-state index contributed by atoms with van der Waals surface area (Å²) in [6.45, 7) is 1.84. The van der Waals surface area contributed by atoms with Crippen LogP contribution in [0.15, 0.2) is 42.5 Å². The van der Waals surface area contributed by atoms with Crippen molar-refractivity contribution in [2.45, 2.75) is 6.92 Å². The smallest absolute Gasteiger partial charge is 0.271 e. The van der Waals surface area contributed by atoms with Crippen molar-refractivity contribution in [1.82, 2.24) is 15.4 Å². The van der Waals surface area contributed by atoms with Gasteiger partial charge in [-0.1, -0.05) is 24.3 Å². The maximum absolute atomic E-state index is 13.2. The molecule has 0 aliphatic heterocycles. The normalized spacial score (nSPS) is 10.6. The van der Waals surface area contributed by atoms with Crippen molar-refractivity contribution in [1.29, 1.82) is 0 Å². The molecule has 0 unspecified atom stereocenters. The number of aromatic amines is 1. The van der Waals surface area contributed by atoms with Crippen LogP contribution < -0.4 is 5.73 Å². The van der Waals surface area contributed by atoms with Gasteiger partial charge < -0.3 is 5.73 Å². The van der Waals surface area contributed by atoms with E-state index in [0.29, 0.717) is 11.3 Å². The van der Waals surface area contributed by atoms with Crippen LogP contribution in [0.3, 0.4) is 0 Å². The van der Waals surface area contributed by atoms with Gasteiger partial charge in [0.2, 0.25) is 0 Å². The second-order valence-electron chi connectivity index (χ2n) is 4.93. The Bertz CT molecular complexity index is 857. The molecule has 1 amide bonds. The van der Waals surface area contributed by atoms with Gasteiger partial charge in [0.05, 0.1) is 0 Å². The van der Waals surface area contributed by atoms with Gasteiger partial charge in [0, 0.05) is 5.56 Å². The molecular weight excluding hydrogens is 283 g/mol. The van der Waals surface area contributed by atoms with E-state index in [2.05, 4.69) is 15.4 Å². The van der Waals surface area contributed by atoms with Gasteiger partial charge in [-0.25, -0.2) is 4.39 Å². The number of nitrogens with zero attached hydrogens (tertiary/aromatic N) is 2. The summed E-state index contributed by atoms with van der Waals surface area (Å²) in [5.74, 6) is -0.919. The molecular formula is C16H13FN4O. The zero-order valence-electron chi connectivity index (χ0n) is 11.8. The van der Waals surface area contributed by atoms with E-state index in [4.69, 9.17) is 5.73 Å². The van der Waals surface area contributed by atoms with Crippen molar-refractivity contribution < 1.29 is 9.18 Å². The van der Waals surface area contributed by atoms with Gasteiger partial charge in [-0.15, -0.1) is 0 Å². The van der Waals surface area contributed by atoms with Crippen LogP contribution in [0.25, 0.3) is 22.4 Å². The van der Waals surface area contributed by atoms with E-state index in [-0.39, 0.29) is 11.5 Å². The van der Waals surface area contributed by atoms with Gasteiger partial charge in [-0.2, -0.15) is 15.4 Å². The Hall–Kier alpha value is -3.02. The third-order valence-electron chi connectivity index (χ3n) is 3.42. The molecule has 1 aromatic heterocycles. The summed E-state index contributed by atoms with van der Waals surface area (Å²) in [6, 6.07) is 12.0. The molecule has 3 rings (SSSR count). The lowest BCUT2D eigenvalue weighted by Crippen LogP contribution is -2.12. The van der Waals surface area contributed by atoms with Crippen LogP contribution in [0.4, 0.5) is 4.39 Å². The number of hydrogen-bond donors (Lipinski definition) is 2. The fourth-order valence-electron chi connectivity index (χ4n) is 2.39. The average molecular weight is 296 g/mol. The standard InChI is InChI=1S/C16H13FN4O/c1-9-7-12(17)5-6-13(9)10-3-2-4-11(8-10)14-15(16(18)22)20-21-19-14/h2-8H,1H3,(H2,18,22)(H,19,20,21). The first-order valence-electron chi connectivity index (χ1n) is 6.64. The summed E-state index contributed by atoms with van der Waals surface area (Å²) >= 11 is 0. The van der Waals surface area contributed by atoms with Gasteiger partial charge in [0.25, 0.3) is 5.91 Å². The molecule has 0 radical (unpaired) electrons. The van der Waals surface area contributed by atoms with Crippen molar-refractivity contribution >= 4 is 5.91 Å². The van der Waals surface area contributed by atoms with Gasteiger partial charge in [0.1, 0.15) is 11.5 Å². The molecule has 6 heteroatoms. The largest absolute Gasteiger partial charge is 0.364 e. The zero-order valence-corrected chi connectivity index (χ0v) is 11.8. The molecule has 2 aromatic carbocycles. The van der Waals surface area contributed by atoms with E-state index < -0.39 is 5.91 Å². The number of carbonyl (C=O) groups excluding carboxylic acids is 1. The number of aryl methyl sites for hydroxylation is 1. The second kappa shape index (κ2) is 5.40. The lowest BCUT2D eigenvalue weighted by Gasteiger charge is -2.08. The minimum Gasteiger partial charge on any atom is -0.364 e. The van der Waals surface area contributed by atoms with Gasteiger partial charge in [-0.05, 0) is 41.8 Å². The predicted octanol–water partition coefficient (Wildman–Crippen LogP) is 2.69. The molecule has 1 heterocycles. The molecule has 0 aliphatic rings. The summed E-state index contributed by atoms with van der Waals surface area (Å²) < 4.78 is 13.2. The molecule has 0 fully saturated rings. The molecule has 22 heavy (non-hydrogen) atoms. The van der Waals surface area contributed by atoms with Crippen molar-refractivity contribution in [3.05, 3.63) is 59.5 Å². The highest BCUT2D eigenvalue weighted by Gasteiger charge is 2.15. The van der Waals surface area contributed by atoms with E-state index >= 15 is 0 Å². The van der Waals surface area contributed by atoms with Crippen molar-refractivity contribution in [2.24, 2.45) is 5.73 Å². The summed E-state index contributed by atoms with van der Waals surface area (Å²) in [7, 11) is 0. The van der Waals surface area contributed by atoms with Crippen LogP contribution in [0.1, 0.15) is 16.1 Å². The lowest BCUT2D eigenvalue weighted by molar-refractivity contribution is 0.0996. The van der Waals surface area contributed by atoms with Gasteiger partial charge >= 0.3 is 0 Å². The number of rotatable bonds is 3. The maximum atomic E-state index is 13.2. The van der Waals surface area contributed by atoms with Crippen LogP contribution in [0, 0.1) is 12.7 Å². The summed E-state index contributed by atoms with van der Waals surface area (Å²) in [5.41, 5.74) is 9.12. The number of nitrogens with one attached hydrogen (secondary N) is 1. The van der Waals surface area contributed by atoms with Crippen molar-refractivity contribution in [2.75, 3.05) is 0 Å². The topological polar surface area (TPSA) is 84.7 Å². The fourth-order valence-corrected chi connectivity index (χ4v) is 2.39. The third-order valence-corrected chi connectivity index (χ3v) is 3.42. The Morgan fingerprint density at radius 3 is 2.64 bits per heavy atom. The molecule has 0 bridgehead atoms. The average Bonchev–Trinajstić information content (AvgIpc) is 2.97. The van der Waals surface area contributed by atoms with Crippen LogP contribution >= 0.6 is 0 Å². The number of nitrogens with two attached hydrogens (primary N) is 1. The van der Waals surface area contributed by atoms with Crippen LogP contribution in [-0.2, 0) is 0 Å².